The van der Waals surface area contributed by atoms with Crippen LogP contribution in [0.5, 0.6) is 5.75 Å². The Balaban J connectivity index is 1.68. The first-order valence-electron chi connectivity index (χ1n) is 7.59. The minimum atomic E-state index is -4.29. The Labute approximate surface area is 123 Å². The number of alkyl halides is 3. The summed E-state index contributed by atoms with van der Waals surface area (Å²) >= 11 is 0. The Hall–Kier alpha value is -1.23. The second-order valence-electron chi connectivity index (χ2n) is 5.51. The van der Waals surface area contributed by atoms with Gasteiger partial charge in [0.2, 0.25) is 0 Å². The number of hydrogen-bond acceptors (Lipinski definition) is 2. The van der Waals surface area contributed by atoms with Crippen molar-refractivity contribution < 1.29 is 17.9 Å². The van der Waals surface area contributed by atoms with Crippen molar-refractivity contribution in [2.24, 2.45) is 0 Å². The quantitative estimate of drug-likeness (QED) is 0.643. The number of ether oxygens (including phenoxy) is 1. The molecule has 0 bridgehead atoms. The molecule has 0 unspecified atom stereocenters. The molecule has 0 heterocycles. The maximum atomic E-state index is 12.4. The molecule has 118 valence electrons. The molecule has 1 aromatic rings. The van der Waals surface area contributed by atoms with Crippen LogP contribution in [0.3, 0.4) is 0 Å². The first-order valence-corrected chi connectivity index (χ1v) is 7.59. The van der Waals surface area contributed by atoms with Crippen molar-refractivity contribution in [3.05, 3.63) is 29.8 Å². The fraction of sp³-hybridized carbons (Fsp3) is 0.625. The fourth-order valence-electron chi connectivity index (χ4n) is 2.66. The average molecular weight is 301 g/mol. The summed E-state index contributed by atoms with van der Waals surface area (Å²) in [7, 11) is 0. The standard InChI is InChI=1S/C16H22F3NO/c17-16(18,19)13-7-9-15(10-8-13)21-12-11-20-14-5-3-1-2-4-6-14/h7-10,14,20H,1-6,11-12H2. The van der Waals surface area contributed by atoms with Crippen LogP contribution in [0.2, 0.25) is 0 Å². The SMILES string of the molecule is FC(F)(F)c1ccc(OCCNC2CCCCCC2)cc1. The molecule has 0 aliphatic heterocycles. The fourth-order valence-corrected chi connectivity index (χ4v) is 2.66. The smallest absolute Gasteiger partial charge is 0.416 e. The Bertz CT molecular complexity index is 409. The highest BCUT2D eigenvalue weighted by atomic mass is 19.4. The second kappa shape index (κ2) is 7.69. The largest absolute Gasteiger partial charge is 0.492 e. The third kappa shape index (κ3) is 5.58. The summed E-state index contributed by atoms with van der Waals surface area (Å²) < 4.78 is 42.7. The molecule has 1 saturated carbocycles. The van der Waals surface area contributed by atoms with Gasteiger partial charge in [-0.3, -0.25) is 0 Å². The molecule has 0 spiro atoms. The minimum absolute atomic E-state index is 0.474. The van der Waals surface area contributed by atoms with Gasteiger partial charge >= 0.3 is 6.18 Å². The molecule has 5 heteroatoms. The number of rotatable bonds is 5. The van der Waals surface area contributed by atoms with Crippen LogP contribution in [-0.2, 0) is 6.18 Å². The highest BCUT2D eigenvalue weighted by Gasteiger charge is 2.29. The molecule has 1 aliphatic rings. The third-order valence-electron chi connectivity index (χ3n) is 3.84. The van der Waals surface area contributed by atoms with Crippen LogP contribution in [0.4, 0.5) is 13.2 Å². The zero-order valence-electron chi connectivity index (χ0n) is 12.1. The van der Waals surface area contributed by atoms with E-state index in [2.05, 4.69) is 5.32 Å². The van der Waals surface area contributed by atoms with Crippen molar-refractivity contribution in [1.29, 1.82) is 0 Å². The second-order valence-corrected chi connectivity index (χ2v) is 5.51. The van der Waals surface area contributed by atoms with E-state index < -0.39 is 11.7 Å². The van der Waals surface area contributed by atoms with Crippen LogP contribution < -0.4 is 10.1 Å². The highest BCUT2D eigenvalue weighted by molar-refractivity contribution is 5.28. The van der Waals surface area contributed by atoms with Gasteiger partial charge in [0.25, 0.3) is 0 Å². The summed E-state index contributed by atoms with van der Waals surface area (Å²) in [6.07, 6.45) is 3.31. The molecule has 1 aromatic carbocycles. The summed E-state index contributed by atoms with van der Waals surface area (Å²) in [6, 6.07) is 5.40. The van der Waals surface area contributed by atoms with E-state index >= 15 is 0 Å². The van der Waals surface area contributed by atoms with E-state index in [-0.39, 0.29) is 0 Å². The Kier molecular flexibility index (Phi) is 5.91. The lowest BCUT2D eigenvalue weighted by atomic mass is 10.1. The zero-order chi connectivity index (χ0) is 15.1. The molecule has 0 atom stereocenters. The van der Waals surface area contributed by atoms with E-state index in [1.165, 1.54) is 50.7 Å². The predicted octanol–water partition coefficient (Wildman–Crippen LogP) is 4.40. The number of benzene rings is 1. The first-order chi connectivity index (χ1) is 10.1. The lowest BCUT2D eigenvalue weighted by Crippen LogP contribution is -2.32. The van der Waals surface area contributed by atoms with Crippen molar-refractivity contribution in [2.45, 2.75) is 50.7 Å². The Morgan fingerprint density at radius 2 is 1.62 bits per heavy atom. The number of hydrogen-bond donors (Lipinski definition) is 1. The molecule has 0 saturated heterocycles. The summed E-state index contributed by atoms with van der Waals surface area (Å²) in [6.45, 7) is 1.20. The van der Waals surface area contributed by atoms with E-state index in [1.54, 1.807) is 0 Å². The summed E-state index contributed by atoms with van der Waals surface area (Å²) in [4.78, 5) is 0. The monoisotopic (exact) mass is 301 g/mol. The van der Waals surface area contributed by atoms with Crippen molar-refractivity contribution in [2.75, 3.05) is 13.2 Å². The normalized spacial score (nSPS) is 17.5. The molecule has 1 N–H and O–H groups in total. The maximum Gasteiger partial charge on any atom is 0.416 e. The molecular weight excluding hydrogens is 279 g/mol. The molecule has 0 radical (unpaired) electrons. The van der Waals surface area contributed by atoms with Crippen molar-refractivity contribution in [3.8, 4) is 5.75 Å². The summed E-state index contributed by atoms with van der Waals surface area (Å²) in [5.74, 6) is 0.477. The van der Waals surface area contributed by atoms with E-state index in [0.29, 0.717) is 18.4 Å². The third-order valence-corrected chi connectivity index (χ3v) is 3.84. The zero-order valence-corrected chi connectivity index (χ0v) is 12.1. The van der Waals surface area contributed by atoms with Gasteiger partial charge in [-0.15, -0.1) is 0 Å². The van der Waals surface area contributed by atoms with Gasteiger partial charge in [-0.1, -0.05) is 25.7 Å². The molecule has 1 aliphatic carbocycles. The van der Waals surface area contributed by atoms with E-state index in [4.69, 9.17) is 4.74 Å². The van der Waals surface area contributed by atoms with Crippen molar-refractivity contribution in [3.63, 3.8) is 0 Å². The van der Waals surface area contributed by atoms with Gasteiger partial charge in [0, 0.05) is 12.6 Å². The van der Waals surface area contributed by atoms with Gasteiger partial charge in [-0.25, -0.2) is 0 Å². The van der Waals surface area contributed by atoms with Gasteiger partial charge in [0.1, 0.15) is 12.4 Å². The number of nitrogens with one attached hydrogen (secondary N) is 1. The first kappa shape index (κ1) is 16.1. The lowest BCUT2D eigenvalue weighted by Gasteiger charge is -2.16. The van der Waals surface area contributed by atoms with E-state index in [9.17, 15) is 13.2 Å². The highest BCUT2D eigenvalue weighted by Crippen LogP contribution is 2.30. The van der Waals surface area contributed by atoms with Crippen LogP contribution >= 0.6 is 0 Å². The molecule has 2 nitrogen and oxygen atoms in total. The Morgan fingerprint density at radius 3 is 2.19 bits per heavy atom. The molecule has 0 aromatic heterocycles. The number of halogens is 3. The average Bonchev–Trinajstić information content (AvgIpc) is 2.72. The van der Waals surface area contributed by atoms with Crippen LogP contribution in [0, 0.1) is 0 Å². The van der Waals surface area contributed by atoms with Gasteiger partial charge in [-0.05, 0) is 37.1 Å². The molecule has 1 fully saturated rings. The molecule has 0 amide bonds. The van der Waals surface area contributed by atoms with Crippen LogP contribution in [0.15, 0.2) is 24.3 Å². The molecular formula is C16H22F3NO. The van der Waals surface area contributed by atoms with Crippen LogP contribution in [0.1, 0.15) is 44.1 Å². The lowest BCUT2D eigenvalue weighted by molar-refractivity contribution is -0.137. The van der Waals surface area contributed by atoms with Gasteiger partial charge in [0.05, 0.1) is 5.56 Å². The maximum absolute atomic E-state index is 12.4. The van der Waals surface area contributed by atoms with Crippen molar-refractivity contribution in [1.82, 2.24) is 5.32 Å². The van der Waals surface area contributed by atoms with Gasteiger partial charge in [-0.2, -0.15) is 13.2 Å². The summed E-state index contributed by atoms with van der Waals surface area (Å²) in [5.41, 5.74) is -0.647. The minimum Gasteiger partial charge on any atom is -0.492 e. The Morgan fingerprint density at radius 1 is 1.00 bits per heavy atom. The predicted molar refractivity (Wildman–Crippen MR) is 76.4 cm³/mol. The molecule has 21 heavy (non-hydrogen) atoms. The molecule has 2 rings (SSSR count). The van der Waals surface area contributed by atoms with E-state index in [0.717, 1.165) is 18.7 Å². The van der Waals surface area contributed by atoms with Gasteiger partial charge < -0.3 is 10.1 Å². The van der Waals surface area contributed by atoms with Crippen molar-refractivity contribution >= 4 is 0 Å². The summed E-state index contributed by atoms with van der Waals surface area (Å²) in [5, 5.41) is 3.46. The van der Waals surface area contributed by atoms with Crippen LogP contribution in [0.25, 0.3) is 0 Å². The van der Waals surface area contributed by atoms with Gasteiger partial charge in [0.15, 0.2) is 0 Å². The topological polar surface area (TPSA) is 21.3 Å². The van der Waals surface area contributed by atoms with Crippen LogP contribution in [-0.4, -0.2) is 19.2 Å². The van der Waals surface area contributed by atoms with E-state index in [1.807, 2.05) is 0 Å².